The number of rotatable bonds is 6. The molecule has 5 heteroatoms. The normalized spacial score (nSPS) is 12.4. The first-order chi connectivity index (χ1) is 9.69. The van der Waals surface area contributed by atoms with Crippen LogP contribution in [0.4, 0.5) is 4.39 Å². The van der Waals surface area contributed by atoms with Gasteiger partial charge in [-0.15, -0.1) is 11.3 Å². The van der Waals surface area contributed by atoms with E-state index in [1.165, 1.54) is 0 Å². The van der Waals surface area contributed by atoms with Crippen LogP contribution in [0.2, 0.25) is 0 Å². The van der Waals surface area contributed by atoms with E-state index < -0.39 is 0 Å². The maximum atomic E-state index is 14.4. The molecule has 0 saturated heterocycles. The summed E-state index contributed by atoms with van der Waals surface area (Å²) in [6, 6.07) is 7.09. The highest BCUT2D eigenvalue weighted by Crippen LogP contribution is 2.36. The number of methoxy groups -OCH3 is 1. The zero-order chi connectivity index (χ0) is 14.5. The number of hydrogen-bond acceptors (Lipinski definition) is 3. The number of nitrogens with one attached hydrogen (secondary N) is 1. The number of halogens is 2. The van der Waals surface area contributed by atoms with E-state index in [1.807, 2.05) is 23.6 Å². The second kappa shape index (κ2) is 7.20. The van der Waals surface area contributed by atoms with Crippen molar-refractivity contribution in [3.05, 3.63) is 50.4 Å². The molecule has 1 atom stereocenters. The quantitative estimate of drug-likeness (QED) is 0.805. The minimum absolute atomic E-state index is 0.192. The third-order valence-electron chi connectivity index (χ3n) is 3.03. The molecule has 1 unspecified atom stereocenters. The van der Waals surface area contributed by atoms with Gasteiger partial charge in [0.25, 0.3) is 0 Å². The lowest BCUT2D eigenvalue weighted by Crippen LogP contribution is -2.23. The molecule has 1 aromatic carbocycles. The highest BCUT2D eigenvalue weighted by Gasteiger charge is 2.23. The Hall–Kier alpha value is -0.910. The third kappa shape index (κ3) is 3.22. The predicted octanol–water partition coefficient (Wildman–Crippen LogP) is 4.75. The molecule has 1 aromatic heterocycles. The lowest BCUT2D eigenvalue weighted by Gasteiger charge is -2.20. The molecule has 0 amide bonds. The fourth-order valence-corrected chi connectivity index (χ4v) is 3.40. The Morgan fingerprint density at radius 1 is 1.40 bits per heavy atom. The molecule has 2 aromatic rings. The molecule has 0 aliphatic rings. The summed E-state index contributed by atoms with van der Waals surface area (Å²) in [5, 5.41) is 5.36. The molecule has 0 fully saturated rings. The molecule has 1 N–H and O–H groups in total. The van der Waals surface area contributed by atoms with Gasteiger partial charge in [0.15, 0.2) is 0 Å². The van der Waals surface area contributed by atoms with Crippen LogP contribution in [0.3, 0.4) is 0 Å². The summed E-state index contributed by atoms with van der Waals surface area (Å²) in [7, 11) is 1.64. The number of benzene rings is 1. The average molecular weight is 358 g/mol. The molecule has 0 saturated carbocycles. The van der Waals surface area contributed by atoms with Crippen molar-refractivity contribution in [2.75, 3.05) is 13.7 Å². The molecule has 1 heterocycles. The van der Waals surface area contributed by atoms with Gasteiger partial charge in [0.05, 0.1) is 22.5 Å². The second-order valence-electron chi connectivity index (χ2n) is 4.38. The fraction of sp³-hybridized carbons (Fsp3) is 0.333. The smallest absolute Gasteiger partial charge is 0.142 e. The fourth-order valence-electron chi connectivity index (χ4n) is 2.06. The standard InChI is InChI=1S/C15H17BrFNOS/c1-3-8-18-14(15-12(19-2)7-9-20-15)10-5-4-6-11(16)13(10)17/h4-7,9,14,18H,3,8H2,1-2H3. The van der Waals surface area contributed by atoms with Gasteiger partial charge in [-0.25, -0.2) is 4.39 Å². The van der Waals surface area contributed by atoms with Crippen LogP contribution in [-0.4, -0.2) is 13.7 Å². The Morgan fingerprint density at radius 2 is 2.20 bits per heavy atom. The minimum atomic E-state index is -0.225. The third-order valence-corrected chi connectivity index (χ3v) is 4.61. The number of thiophene rings is 1. The molecule has 20 heavy (non-hydrogen) atoms. The van der Waals surface area contributed by atoms with Gasteiger partial charge >= 0.3 is 0 Å². The Kier molecular flexibility index (Phi) is 5.57. The highest BCUT2D eigenvalue weighted by molar-refractivity contribution is 9.10. The van der Waals surface area contributed by atoms with Gasteiger partial charge in [-0.2, -0.15) is 0 Å². The van der Waals surface area contributed by atoms with Gasteiger partial charge in [0.1, 0.15) is 11.6 Å². The molecule has 0 bridgehead atoms. The highest BCUT2D eigenvalue weighted by atomic mass is 79.9. The zero-order valence-corrected chi connectivity index (χ0v) is 13.9. The van der Waals surface area contributed by atoms with Gasteiger partial charge in [0.2, 0.25) is 0 Å². The molecule has 0 aliphatic heterocycles. The summed E-state index contributed by atoms with van der Waals surface area (Å²) in [6.07, 6.45) is 0.986. The molecule has 2 nitrogen and oxygen atoms in total. The molecule has 0 radical (unpaired) electrons. The van der Waals surface area contributed by atoms with Crippen LogP contribution in [0.15, 0.2) is 34.1 Å². The van der Waals surface area contributed by atoms with Crippen LogP contribution in [0.5, 0.6) is 5.75 Å². The van der Waals surface area contributed by atoms with Crippen LogP contribution < -0.4 is 10.1 Å². The Morgan fingerprint density at radius 3 is 2.90 bits per heavy atom. The lowest BCUT2D eigenvalue weighted by atomic mass is 10.0. The molecule has 0 aliphatic carbocycles. The topological polar surface area (TPSA) is 21.3 Å². The SMILES string of the molecule is CCCNC(c1cccc(Br)c1F)c1sccc1OC. The van der Waals surface area contributed by atoms with Crippen LogP contribution in [0.1, 0.15) is 29.8 Å². The van der Waals surface area contributed by atoms with Crippen molar-refractivity contribution in [3.8, 4) is 5.75 Å². The van der Waals surface area contributed by atoms with Crippen LogP contribution in [0.25, 0.3) is 0 Å². The van der Waals surface area contributed by atoms with Crippen molar-refractivity contribution in [3.63, 3.8) is 0 Å². The van der Waals surface area contributed by atoms with Gasteiger partial charge in [0, 0.05) is 5.56 Å². The van der Waals surface area contributed by atoms with E-state index in [9.17, 15) is 4.39 Å². The Bertz CT molecular complexity index is 573. The van der Waals surface area contributed by atoms with Crippen molar-refractivity contribution < 1.29 is 9.13 Å². The molecule has 0 spiro atoms. The van der Waals surface area contributed by atoms with Crippen molar-refractivity contribution in [2.24, 2.45) is 0 Å². The minimum Gasteiger partial charge on any atom is -0.496 e. The van der Waals surface area contributed by atoms with Crippen molar-refractivity contribution in [2.45, 2.75) is 19.4 Å². The van der Waals surface area contributed by atoms with E-state index in [1.54, 1.807) is 24.5 Å². The predicted molar refractivity (Wildman–Crippen MR) is 85.1 cm³/mol. The summed E-state index contributed by atoms with van der Waals surface area (Å²) < 4.78 is 20.2. The van der Waals surface area contributed by atoms with Gasteiger partial charge in [-0.1, -0.05) is 19.1 Å². The first-order valence-corrected chi connectivity index (χ1v) is 8.15. The van der Waals surface area contributed by atoms with Crippen LogP contribution >= 0.6 is 27.3 Å². The van der Waals surface area contributed by atoms with E-state index in [-0.39, 0.29) is 11.9 Å². The summed E-state index contributed by atoms with van der Waals surface area (Å²) in [5.74, 6) is 0.569. The van der Waals surface area contributed by atoms with Crippen molar-refractivity contribution in [1.29, 1.82) is 0 Å². The van der Waals surface area contributed by atoms with Gasteiger partial charge in [-0.05, 0) is 46.4 Å². The van der Waals surface area contributed by atoms with Crippen LogP contribution in [-0.2, 0) is 0 Å². The largest absolute Gasteiger partial charge is 0.496 e. The van der Waals surface area contributed by atoms with E-state index in [0.29, 0.717) is 10.0 Å². The number of ether oxygens (including phenoxy) is 1. The summed E-state index contributed by atoms with van der Waals surface area (Å²) >= 11 is 4.82. The average Bonchev–Trinajstić information content (AvgIpc) is 2.92. The van der Waals surface area contributed by atoms with E-state index in [0.717, 1.165) is 23.6 Å². The maximum Gasteiger partial charge on any atom is 0.142 e. The Balaban J connectivity index is 2.44. The van der Waals surface area contributed by atoms with Gasteiger partial charge in [-0.3, -0.25) is 0 Å². The maximum absolute atomic E-state index is 14.4. The molecule has 2 rings (SSSR count). The first-order valence-electron chi connectivity index (χ1n) is 6.47. The molecular weight excluding hydrogens is 341 g/mol. The van der Waals surface area contributed by atoms with Crippen molar-refractivity contribution in [1.82, 2.24) is 5.32 Å². The summed E-state index contributed by atoms with van der Waals surface area (Å²) in [6.45, 7) is 2.91. The molecule has 108 valence electrons. The van der Waals surface area contributed by atoms with Crippen molar-refractivity contribution >= 4 is 27.3 Å². The number of hydrogen-bond donors (Lipinski definition) is 1. The van der Waals surface area contributed by atoms with Crippen LogP contribution in [0, 0.1) is 5.82 Å². The van der Waals surface area contributed by atoms with E-state index in [2.05, 4.69) is 28.2 Å². The first kappa shape index (κ1) is 15.5. The second-order valence-corrected chi connectivity index (χ2v) is 6.19. The van der Waals surface area contributed by atoms with E-state index >= 15 is 0 Å². The monoisotopic (exact) mass is 357 g/mol. The lowest BCUT2D eigenvalue weighted by molar-refractivity contribution is 0.406. The summed E-state index contributed by atoms with van der Waals surface area (Å²) in [4.78, 5) is 0.998. The van der Waals surface area contributed by atoms with E-state index in [4.69, 9.17) is 4.74 Å². The summed E-state index contributed by atoms with van der Waals surface area (Å²) in [5.41, 5.74) is 0.633. The molecular formula is C15H17BrFNOS. The van der Waals surface area contributed by atoms with Gasteiger partial charge < -0.3 is 10.1 Å². The zero-order valence-electron chi connectivity index (χ0n) is 11.5. The Labute approximate surface area is 131 Å².